The number of carbonyl (C=O) groups is 1. The van der Waals surface area contributed by atoms with E-state index < -0.39 is 0 Å². The van der Waals surface area contributed by atoms with Gasteiger partial charge in [-0.05, 0) is 43.5 Å². The summed E-state index contributed by atoms with van der Waals surface area (Å²) in [6, 6.07) is 13.4. The van der Waals surface area contributed by atoms with E-state index in [1.54, 1.807) is 6.07 Å². The smallest absolute Gasteiger partial charge is 0.253 e. The Hall–Kier alpha value is -2.66. The number of nitrogens with one attached hydrogen (secondary N) is 1. The van der Waals surface area contributed by atoms with Crippen molar-refractivity contribution in [2.24, 2.45) is 0 Å². The first-order valence-electron chi connectivity index (χ1n) is 8.10. The van der Waals surface area contributed by atoms with Gasteiger partial charge in [-0.15, -0.1) is 0 Å². The first-order valence-corrected chi connectivity index (χ1v) is 8.10. The lowest BCUT2D eigenvalue weighted by Crippen LogP contribution is -2.26. The minimum absolute atomic E-state index is 0.106. The van der Waals surface area contributed by atoms with Gasteiger partial charge in [0.05, 0.1) is 0 Å². The molecule has 5 nitrogen and oxygen atoms in total. The molecule has 1 N–H and O–H groups in total. The lowest BCUT2D eigenvalue weighted by atomic mass is 10.1. The lowest BCUT2D eigenvalue weighted by molar-refractivity contribution is -0.124. The number of hydrogen-bond acceptors (Lipinski definition) is 4. The van der Waals surface area contributed by atoms with Gasteiger partial charge in [-0.1, -0.05) is 18.2 Å². The molecule has 0 aliphatic carbocycles. The molecule has 1 amide bonds. The van der Waals surface area contributed by atoms with Crippen LogP contribution in [0.1, 0.15) is 18.4 Å². The molecular weight excluding hydrogens is 304 g/mol. The highest BCUT2D eigenvalue weighted by molar-refractivity contribution is 5.96. The molecule has 1 atom stereocenters. The fourth-order valence-electron chi connectivity index (χ4n) is 2.94. The molecule has 1 aliphatic rings. The van der Waals surface area contributed by atoms with Crippen molar-refractivity contribution in [2.75, 3.05) is 11.9 Å². The molecule has 24 heavy (non-hydrogen) atoms. The van der Waals surface area contributed by atoms with Gasteiger partial charge in [0.2, 0.25) is 5.89 Å². The van der Waals surface area contributed by atoms with Crippen LogP contribution in [0.2, 0.25) is 0 Å². The summed E-state index contributed by atoms with van der Waals surface area (Å²) in [5.41, 5.74) is 4.19. The van der Waals surface area contributed by atoms with Gasteiger partial charge >= 0.3 is 0 Å². The van der Waals surface area contributed by atoms with Gasteiger partial charge in [-0.3, -0.25) is 4.79 Å². The van der Waals surface area contributed by atoms with Gasteiger partial charge < -0.3 is 14.5 Å². The summed E-state index contributed by atoms with van der Waals surface area (Å²) in [4.78, 5) is 16.7. The molecule has 1 unspecified atom stereocenters. The van der Waals surface area contributed by atoms with E-state index >= 15 is 0 Å². The van der Waals surface area contributed by atoms with Gasteiger partial charge in [0.15, 0.2) is 5.58 Å². The van der Waals surface area contributed by atoms with E-state index in [0.717, 1.165) is 29.5 Å². The molecule has 5 heteroatoms. The van der Waals surface area contributed by atoms with E-state index in [1.165, 1.54) is 0 Å². The van der Waals surface area contributed by atoms with E-state index in [2.05, 4.69) is 10.3 Å². The van der Waals surface area contributed by atoms with E-state index in [0.29, 0.717) is 23.8 Å². The van der Waals surface area contributed by atoms with Crippen molar-refractivity contribution in [2.45, 2.75) is 25.9 Å². The minimum atomic E-state index is -0.349. The Bertz CT molecular complexity index is 895. The number of ether oxygens (including phenoxy) is 1. The van der Waals surface area contributed by atoms with Gasteiger partial charge in [-0.2, -0.15) is 0 Å². The molecule has 4 rings (SSSR count). The van der Waals surface area contributed by atoms with Crippen LogP contribution in [0.25, 0.3) is 22.6 Å². The number of aromatic nitrogens is 1. The number of rotatable bonds is 3. The number of benzene rings is 2. The fourth-order valence-corrected chi connectivity index (χ4v) is 2.94. The number of amides is 1. The van der Waals surface area contributed by atoms with Crippen LogP contribution in [0.5, 0.6) is 0 Å². The predicted molar refractivity (Wildman–Crippen MR) is 91.8 cm³/mol. The third kappa shape index (κ3) is 2.78. The Kier molecular flexibility index (Phi) is 3.78. The second-order valence-electron chi connectivity index (χ2n) is 6.01. The van der Waals surface area contributed by atoms with Crippen molar-refractivity contribution < 1.29 is 13.9 Å². The Morgan fingerprint density at radius 2 is 2.12 bits per heavy atom. The number of nitrogens with zero attached hydrogens (tertiary/aromatic N) is 1. The Morgan fingerprint density at radius 1 is 1.25 bits per heavy atom. The topological polar surface area (TPSA) is 64.4 Å². The molecular formula is C19H18N2O3. The molecule has 2 aromatic carbocycles. The summed E-state index contributed by atoms with van der Waals surface area (Å²) >= 11 is 0. The van der Waals surface area contributed by atoms with Gasteiger partial charge in [0.25, 0.3) is 5.91 Å². The summed E-state index contributed by atoms with van der Waals surface area (Å²) in [6.45, 7) is 2.68. The SMILES string of the molecule is Cc1ccccc1-c1nc2ccc(NC(=O)C3CCCO3)cc2o1. The largest absolute Gasteiger partial charge is 0.436 e. The Morgan fingerprint density at radius 3 is 2.92 bits per heavy atom. The minimum Gasteiger partial charge on any atom is -0.436 e. The maximum atomic E-state index is 12.1. The first-order chi connectivity index (χ1) is 11.7. The molecule has 0 spiro atoms. The lowest BCUT2D eigenvalue weighted by Gasteiger charge is -2.09. The molecule has 1 fully saturated rings. The Labute approximate surface area is 139 Å². The molecule has 0 bridgehead atoms. The van der Waals surface area contributed by atoms with Crippen molar-refractivity contribution >= 4 is 22.7 Å². The average molecular weight is 322 g/mol. The number of anilines is 1. The van der Waals surface area contributed by atoms with E-state index in [1.807, 2.05) is 43.3 Å². The second-order valence-corrected chi connectivity index (χ2v) is 6.01. The third-order valence-electron chi connectivity index (χ3n) is 4.25. The highest BCUT2D eigenvalue weighted by Crippen LogP contribution is 2.28. The zero-order valence-electron chi connectivity index (χ0n) is 13.4. The van der Waals surface area contributed by atoms with Crippen molar-refractivity contribution in [3.63, 3.8) is 0 Å². The molecule has 3 aromatic rings. The van der Waals surface area contributed by atoms with Crippen LogP contribution in [0.4, 0.5) is 5.69 Å². The third-order valence-corrected chi connectivity index (χ3v) is 4.25. The fraction of sp³-hybridized carbons (Fsp3) is 0.263. The van der Waals surface area contributed by atoms with Crippen LogP contribution >= 0.6 is 0 Å². The maximum Gasteiger partial charge on any atom is 0.253 e. The summed E-state index contributed by atoms with van der Waals surface area (Å²) < 4.78 is 11.3. The highest BCUT2D eigenvalue weighted by atomic mass is 16.5. The van der Waals surface area contributed by atoms with E-state index in [4.69, 9.17) is 9.15 Å². The van der Waals surface area contributed by atoms with Gasteiger partial charge in [0, 0.05) is 23.9 Å². The number of fused-ring (bicyclic) bond motifs is 1. The number of oxazole rings is 1. The number of carbonyl (C=O) groups excluding carboxylic acids is 1. The molecule has 1 saturated heterocycles. The summed E-state index contributed by atoms with van der Waals surface area (Å²) in [5.74, 6) is 0.483. The standard InChI is InChI=1S/C19H18N2O3/c1-12-5-2-3-6-14(12)19-21-15-9-8-13(11-17(15)24-19)20-18(22)16-7-4-10-23-16/h2-3,5-6,8-9,11,16H,4,7,10H2,1H3,(H,20,22). The Balaban J connectivity index is 1.61. The van der Waals surface area contributed by atoms with E-state index in [-0.39, 0.29) is 12.0 Å². The molecule has 0 saturated carbocycles. The molecule has 1 aliphatic heterocycles. The number of hydrogen-bond donors (Lipinski definition) is 1. The monoisotopic (exact) mass is 322 g/mol. The van der Waals surface area contributed by atoms with Crippen LogP contribution in [-0.4, -0.2) is 23.6 Å². The normalized spacial score (nSPS) is 17.3. The number of aryl methyl sites for hydroxylation is 1. The second kappa shape index (κ2) is 6.09. The predicted octanol–water partition coefficient (Wildman–Crippen LogP) is 3.92. The summed E-state index contributed by atoms with van der Waals surface area (Å²) in [7, 11) is 0. The zero-order chi connectivity index (χ0) is 16.5. The first kappa shape index (κ1) is 14.9. The van der Waals surface area contributed by atoms with Gasteiger partial charge in [0.1, 0.15) is 11.6 Å². The molecule has 2 heterocycles. The van der Waals surface area contributed by atoms with Crippen molar-refractivity contribution in [1.29, 1.82) is 0 Å². The molecule has 1 aromatic heterocycles. The van der Waals surface area contributed by atoms with Crippen molar-refractivity contribution in [3.05, 3.63) is 48.0 Å². The highest BCUT2D eigenvalue weighted by Gasteiger charge is 2.23. The molecule has 0 radical (unpaired) electrons. The average Bonchev–Trinajstić information content (AvgIpc) is 3.24. The zero-order valence-corrected chi connectivity index (χ0v) is 13.4. The van der Waals surface area contributed by atoms with Crippen LogP contribution in [-0.2, 0) is 9.53 Å². The van der Waals surface area contributed by atoms with Crippen LogP contribution in [0.15, 0.2) is 46.9 Å². The maximum absolute atomic E-state index is 12.1. The summed E-state index contributed by atoms with van der Waals surface area (Å²) in [6.07, 6.45) is 1.35. The van der Waals surface area contributed by atoms with E-state index in [9.17, 15) is 4.79 Å². The van der Waals surface area contributed by atoms with Crippen LogP contribution in [0.3, 0.4) is 0 Å². The summed E-state index contributed by atoms with van der Waals surface area (Å²) in [5, 5.41) is 2.88. The molecule has 122 valence electrons. The van der Waals surface area contributed by atoms with Crippen molar-refractivity contribution in [1.82, 2.24) is 4.98 Å². The van der Waals surface area contributed by atoms with Crippen molar-refractivity contribution in [3.8, 4) is 11.5 Å². The van der Waals surface area contributed by atoms with Gasteiger partial charge in [-0.25, -0.2) is 4.98 Å². The van der Waals surface area contributed by atoms with Crippen LogP contribution in [0, 0.1) is 6.92 Å². The van der Waals surface area contributed by atoms with Crippen LogP contribution < -0.4 is 5.32 Å². The quantitative estimate of drug-likeness (QED) is 0.794.